The molecular formula is C24H29N5O2S. The Kier molecular flexibility index (Phi) is 8.05. The Morgan fingerprint density at radius 3 is 2.38 bits per heavy atom. The minimum Gasteiger partial charge on any atom is -0.370 e. The summed E-state index contributed by atoms with van der Waals surface area (Å²) in [5, 5.41) is 11.8. The molecule has 1 aromatic heterocycles. The van der Waals surface area contributed by atoms with Crippen molar-refractivity contribution in [1.82, 2.24) is 14.8 Å². The molecule has 0 spiro atoms. The van der Waals surface area contributed by atoms with Crippen LogP contribution in [0.25, 0.3) is 0 Å². The van der Waals surface area contributed by atoms with Crippen LogP contribution in [0, 0.1) is 12.8 Å². The van der Waals surface area contributed by atoms with Gasteiger partial charge in [0.25, 0.3) is 0 Å². The lowest BCUT2D eigenvalue weighted by Crippen LogP contribution is -2.20. The van der Waals surface area contributed by atoms with Crippen molar-refractivity contribution in [3.05, 3.63) is 71.5 Å². The number of nitrogens with two attached hydrogens (primary N) is 1. The Morgan fingerprint density at radius 2 is 1.75 bits per heavy atom. The summed E-state index contributed by atoms with van der Waals surface area (Å²) in [5.41, 5.74) is 8.07. The molecule has 0 radical (unpaired) electrons. The predicted molar refractivity (Wildman–Crippen MR) is 127 cm³/mol. The number of hydrogen-bond donors (Lipinski definition) is 2. The van der Waals surface area contributed by atoms with Gasteiger partial charge in [0.05, 0.1) is 0 Å². The fourth-order valence-corrected chi connectivity index (χ4v) is 4.29. The molecule has 7 nitrogen and oxygen atoms in total. The molecule has 1 heterocycles. The average Bonchev–Trinajstić information content (AvgIpc) is 3.13. The van der Waals surface area contributed by atoms with E-state index in [1.54, 1.807) is 0 Å². The molecule has 168 valence electrons. The van der Waals surface area contributed by atoms with Gasteiger partial charge in [0.15, 0.2) is 5.16 Å². The van der Waals surface area contributed by atoms with Crippen LogP contribution in [-0.4, -0.2) is 26.6 Å². The van der Waals surface area contributed by atoms with E-state index >= 15 is 0 Å². The van der Waals surface area contributed by atoms with E-state index in [1.165, 1.54) is 11.8 Å². The Labute approximate surface area is 192 Å². The van der Waals surface area contributed by atoms with E-state index in [1.807, 2.05) is 66.1 Å². The fraction of sp³-hybridized carbons (Fsp3) is 0.333. The molecule has 0 saturated heterocycles. The molecule has 0 aliphatic rings. The highest BCUT2D eigenvalue weighted by molar-refractivity contribution is 8.00. The number of rotatable bonds is 10. The summed E-state index contributed by atoms with van der Waals surface area (Å²) in [6, 6.07) is 17.3. The molecular weight excluding hydrogens is 422 g/mol. The summed E-state index contributed by atoms with van der Waals surface area (Å²) in [7, 11) is 0. The summed E-state index contributed by atoms with van der Waals surface area (Å²) < 4.78 is 1.99. The van der Waals surface area contributed by atoms with E-state index in [9.17, 15) is 9.59 Å². The lowest BCUT2D eigenvalue weighted by Gasteiger charge is -2.18. The summed E-state index contributed by atoms with van der Waals surface area (Å²) in [5.74, 6) is 0.528. The second kappa shape index (κ2) is 10.9. The number of nitrogens with one attached hydrogen (secondary N) is 1. The van der Waals surface area contributed by atoms with E-state index in [4.69, 9.17) is 5.73 Å². The number of nitrogens with zero attached hydrogens (tertiary/aromatic N) is 3. The smallest absolute Gasteiger partial charge is 0.242 e. The van der Waals surface area contributed by atoms with Crippen LogP contribution in [0.3, 0.4) is 0 Å². The molecule has 3 rings (SSSR count). The van der Waals surface area contributed by atoms with Crippen molar-refractivity contribution in [1.29, 1.82) is 0 Å². The van der Waals surface area contributed by atoms with Crippen molar-refractivity contribution >= 4 is 29.3 Å². The molecule has 8 heteroatoms. The van der Waals surface area contributed by atoms with Gasteiger partial charge in [-0.1, -0.05) is 73.6 Å². The maximum atomic E-state index is 13.3. The summed E-state index contributed by atoms with van der Waals surface area (Å²) in [6.45, 7) is 6.90. The van der Waals surface area contributed by atoms with Gasteiger partial charge in [-0.05, 0) is 30.5 Å². The maximum absolute atomic E-state index is 13.3. The van der Waals surface area contributed by atoms with Crippen LogP contribution in [-0.2, 0) is 22.6 Å². The zero-order valence-electron chi connectivity index (χ0n) is 18.6. The highest BCUT2D eigenvalue weighted by Gasteiger charge is 2.26. The largest absolute Gasteiger partial charge is 0.370 e. The highest BCUT2D eigenvalue weighted by Crippen LogP contribution is 2.36. The molecule has 3 aromatic rings. The molecule has 0 aliphatic carbocycles. The lowest BCUT2D eigenvalue weighted by atomic mass is 10.1. The van der Waals surface area contributed by atoms with Gasteiger partial charge in [-0.25, -0.2) is 0 Å². The van der Waals surface area contributed by atoms with Crippen molar-refractivity contribution in [2.45, 2.75) is 50.6 Å². The van der Waals surface area contributed by atoms with Gasteiger partial charge in [0.1, 0.15) is 11.1 Å². The van der Waals surface area contributed by atoms with Gasteiger partial charge < -0.3 is 15.6 Å². The SMILES string of the molecule is Cc1ccc(NC(=O)C(Sc2nnc(CCC(N)=O)n2CC(C)C)c2ccccc2)cc1. The first kappa shape index (κ1) is 23.5. The third-order valence-electron chi connectivity index (χ3n) is 4.82. The Morgan fingerprint density at radius 1 is 1.06 bits per heavy atom. The van der Waals surface area contributed by atoms with Crippen LogP contribution in [0.2, 0.25) is 0 Å². The number of aromatic nitrogens is 3. The number of thioether (sulfide) groups is 1. The van der Waals surface area contributed by atoms with Gasteiger partial charge in [0.2, 0.25) is 11.8 Å². The molecule has 3 N–H and O–H groups in total. The standard InChI is InChI=1S/C24H29N5O2S/c1-16(2)15-29-21(14-13-20(25)30)27-28-24(29)32-22(18-7-5-4-6-8-18)23(31)26-19-11-9-17(3)10-12-19/h4-12,16,22H,13-15H2,1-3H3,(H2,25,30)(H,26,31). The number of hydrogen-bond acceptors (Lipinski definition) is 5. The number of benzene rings is 2. The molecule has 0 fully saturated rings. The molecule has 0 saturated carbocycles. The van der Waals surface area contributed by atoms with Crippen LogP contribution in [0.15, 0.2) is 59.8 Å². The topological polar surface area (TPSA) is 103 Å². The van der Waals surface area contributed by atoms with Crippen molar-refractivity contribution in [3.63, 3.8) is 0 Å². The normalized spacial score (nSPS) is 12.0. The molecule has 2 aromatic carbocycles. The summed E-state index contributed by atoms with van der Waals surface area (Å²) in [6.07, 6.45) is 0.623. The molecule has 32 heavy (non-hydrogen) atoms. The molecule has 1 unspecified atom stereocenters. The quantitative estimate of drug-likeness (QED) is 0.451. The molecule has 0 aliphatic heterocycles. The van der Waals surface area contributed by atoms with Crippen molar-refractivity contribution in [2.75, 3.05) is 5.32 Å². The number of carbonyl (C=O) groups excluding carboxylic acids is 2. The minimum atomic E-state index is -0.517. The van der Waals surface area contributed by atoms with Gasteiger partial charge in [-0.3, -0.25) is 9.59 Å². The Bertz CT molecular complexity index is 1050. The third kappa shape index (κ3) is 6.43. The maximum Gasteiger partial charge on any atom is 0.242 e. The van der Waals surface area contributed by atoms with E-state index in [-0.39, 0.29) is 18.2 Å². The Hall–Kier alpha value is -3.13. The molecule has 2 amide bonds. The van der Waals surface area contributed by atoms with E-state index < -0.39 is 5.25 Å². The predicted octanol–water partition coefficient (Wildman–Crippen LogP) is 4.13. The van der Waals surface area contributed by atoms with Gasteiger partial charge in [-0.15, -0.1) is 10.2 Å². The molecule has 0 bridgehead atoms. The van der Waals surface area contributed by atoms with Crippen molar-refractivity contribution in [2.24, 2.45) is 11.7 Å². The van der Waals surface area contributed by atoms with Gasteiger partial charge in [-0.2, -0.15) is 0 Å². The first-order valence-corrected chi connectivity index (χ1v) is 11.5. The monoisotopic (exact) mass is 451 g/mol. The van der Waals surface area contributed by atoms with Crippen LogP contribution in [0.4, 0.5) is 5.69 Å². The fourth-order valence-electron chi connectivity index (χ4n) is 3.23. The number of anilines is 1. The first-order chi connectivity index (χ1) is 15.3. The van der Waals surface area contributed by atoms with E-state index in [0.717, 1.165) is 16.8 Å². The number of primary amides is 1. The highest BCUT2D eigenvalue weighted by atomic mass is 32.2. The average molecular weight is 452 g/mol. The van der Waals surface area contributed by atoms with E-state index in [2.05, 4.69) is 29.4 Å². The second-order valence-corrected chi connectivity index (χ2v) is 9.21. The lowest BCUT2D eigenvalue weighted by molar-refractivity contribution is -0.118. The zero-order chi connectivity index (χ0) is 23.1. The van der Waals surface area contributed by atoms with Crippen LogP contribution >= 0.6 is 11.8 Å². The first-order valence-electron chi connectivity index (χ1n) is 10.6. The Balaban J connectivity index is 1.90. The van der Waals surface area contributed by atoms with Crippen molar-refractivity contribution < 1.29 is 9.59 Å². The number of aryl methyl sites for hydroxylation is 2. The minimum absolute atomic E-state index is 0.136. The second-order valence-electron chi connectivity index (χ2n) is 8.13. The van der Waals surface area contributed by atoms with Crippen molar-refractivity contribution in [3.8, 4) is 0 Å². The van der Waals surface area contributed by atoms with Gasteiger partial charge in [0, 0.05) is 25.1 Å². The van der Waals surface area contributed by atoms with Gasteiger partial charge >= 0.3 is 0 Å². The molecule has 1 atom stereocenters. The number of carbonyl (C=O) groups is 2. The van der Waals surface area contributed by atoms with Crippen LogP contribution in [0.5, 0.6) is 0 Å². The van der Waals surface area contributed by atoms with Crippen LogP contribution < -0.4 is 11.1 Å². The number of amides is 2. The van der Waals surface area contributed by atoms with Crippen LogP contribution in [0.1, 0.15) is 42.5 Å². The third-order valence-corrected chi connectivity index (χ3v) is 6.05. The summed E-state index contributed by atoms with van der Waals surface area (Å²) >= 11 is 1.36. The van der Waals surface area contributed by atoms with E-state index in [0.29, 0.717) is 29.9 Å². The zero-order valence-corrected chi connectivity index (χ0v) is 19.4. The summed E-state index contributed by atoms with van der Waals surface area (Å²) in [4.78, 5) is 24.6.